The Balaban J connectivity index is 5.05. The van der Waals surface area contributed by atoms with Gasteiger partial charge in [-0.25, -0.2) is 15.0 Å². The molecule has 0 rings (SSSR count). The molecule has 9 nitrogen and oxygen atoms in total. The highest BCUT2D eigenvalue weighted by atomic mass is 16.6. The summed E-state index contributed by atoms with van der Waals surface area (Å²) in [7, 11) is 0. The highest BCUT2D eigenvalue weighted by Crippen LogP contribution is 2.02. The number of hydrogen-bond donors (Lipinski definition) is 2. The molecule has 0 radical (unpaired) electrons. The number of hydrogen-bond acceptors (Lipinski definition) is 6. The van der Waals surface area contributed by atoms with Crippen molar-refractivity contribution in [2.24, 2.45) is 10.8 Å². The van der Waals surface area contributed by atoms with E-state index in [-0.39, 0.29) is 17.9 Å². The molecule has 0 heterocycles. The average Bonchev–Trinajstić information content (AvgIpc) is 2.22. The number of amides is 2. The van der Waals surface area contributed by atoms with Crippen LogP contribution in [-0.4, -0.2) is 29.2 Å². The molecule has 0 aliphatic heterocycles. The number of ether oxygens (including phenoxy) is 1. The van der Waals surface area contributed by atoms with Crippen molar-refractivity contribution in [3.8, 4) is 0 Å². The Morgan fingerprint density at radius 2 is 2.18 bits per heavy atom. The molecule has 0 aromatic carbocycles. The average molecular weight is 244 g/mol. The second-order valence-corrected chi connectivity index (χ2v) is 2.72. The lowest BCUT2D eigenvalue weighted by molar-refractivity contribution is -0.402. The smallest absolute Gasteiger partial charge is 0.346 e. The third kappa shape index (κ3) is 5.87. The lowest BCUT2D eigenvalue weighted by atomic mass is 10.2. The first-order valence-corrected chi connectivity index (χ1v) is 4.51. The highest BCUT2D eigenvalue weighted by molar-refractivity contribution is 6.18. The number of hydrazone groups is 1. The van der Waals surface area contributed by atoms with Crippen molar-refractivity contribution in [2.75, 3.05) is 6.61 Å². The number of carbonyl (C=O) groups excluding carboxylic acids is 2. The van der Waals surface area contributed by atoms with E-state index in [0.29, 0.717) is 6.20 Å². The molecule has 0 aliphatic carbocycles. The highest BCUT2D eigenvalue weighted by Gasteiger charge is 2.18. The SMILES string of the molecule is CCOC(=O)C(=C\[N+](=O)[O-])/C(C)=N/NC(N)=O. The number of urea groups is 1. The zero-order valence-corrected chi connectivity index (χ0v) is 9.30. The Hall–Kier alpha value is -2.45. The molecule has 0 unspecified atom stereocenters. The third-order valence-electron chi connectivity index (χ3n) is 1.45. The molecule has 0 saturated heterocycles. The topological polar surface area (TPSA) is 137 Å². The zero-order valence-electron chi connectivity index (χ0n) is 9.30. The van der Waals surface area contributed by atoms with Gasteiger partial charge >= 0.3 is 12.0 Å². The number of nitro groups is 1. The predicted octanol–water partition coefficient (Wildman–Crippen LogP) is -0.246. The van der Waals surface area contributed by atoms with Gasteiger partial charge in [0.1, 0.15) is 0 Å². The van der Waals surface area contributed by atoms with Gasteiger partial charge in [0.05, 0.1) is 17.2 Å². The minimum absolute atomic E-state index is 0.0599. The van der Waals surface area contributed by atoms with Crippen molar-refractivity contribution in [3.63, 3.8) is 0 Å². The summed E-state index contributed by atoms with van der Waals surface area (Å²) in [4.78, 5) is 31.2. The molecule has 0 bridgehead atoms. The Labute approximate surface area is 96.4 Å². The molecule has 2 amide bonds. The van der Waals surface area contributed by atoms with Gasteiger partial charge in [-0.05, 0) is 13.8 Å². The van der Waals surface area contributed by atoms with Gasteiger partial charge in [-0.2, -0.15) is 5.10 Å². The number of nitrogens with zero attached hydrogens (tertiary/aromatic N) is 2. The second kappa shape index (κ2) is 6.93. The van der Waals surface area contributed by atoms with Crippen LogP contribution in [0.25, 0.3) is 0 Å². The second-order valence-electron chi connectivity index (χ2n) is 2.72. The predicted molar refractivity (Wildman–Crippen MR) is 57.5 cm³/mol. The Bertz CT molecular complexity index is 387. The zero-order chi connectivity index (χ0) is 13.4. The van der Waals surface area contributed by atoms with E-state index in [4.69, 9.17) is 5.73 Å². The lowest BCUT2D eigenvalue weighted by Gasteiger charge is -2.03. The minimum atomic E-state index is -0.950. The van der Waals surface area contributed by atoms with E-state index < -0.39 is 16.9 Å². The fourth-order valence-corrected chi connectivity index (χ4v) is 0.807. The van der Waals surface area contributed by atoms with Gasteiger partial charge in [-0.3, -0.25) is 10.1 Å². The van der Waals surface area contributed by atoms with Crippen molar-refractivity contribution in [2.45, 2.75) is 13.8 Å². The molecule has 0 aromatic rings. The van der Waals surface area contributed by atoms with E-state index in [1.54, 1.807) is 6.92 Å². The van der Waals surface area contributed by atoms with E-state index in [9.17, 15) is 19.7 Å². The minimum Gasteiger partial charge on any atom is -0.462 e. The summed E-state index contributed by atoms with van der Waals surface area (Å²) >= 11 is 0. The Morgan fingerprint density at radius 3 is 2.59 bits per heavy atom. The largest absolute Gasteiger partial charge is 0.462 e. The van der Waals surface area contributed by atoms with Gasteiger partial charge in [0.15, 0.2) is 5.57 Å². The first-order valence-electron chi connectivity index (χ1n) is 4.51. The van der Waals surface area contributed by atoms with Gasteiger partial charge < -0.3 is 10.5 Å². The number of primary amides is 1. The van der Waals surface area contributed by atoms with Gasteiger partial charge in [0.2, 0.25) is 0 Å². The van der Waals surface area contributed by atoms with E-state index >= 15 is 0 Å². The van der Waals surface area contributed by atoms with Crippen LogP contribution < -0.4 is 11.2 Å². The van der Waals surface area contributed by atoms with Crippen LogP contribution in [0.1, 0.15) is 13.8 Å². The number of rotatable bonds is 5. The summed E-state index contributed by atoms with van der Waals surface area (Å²) in [5.41, 5.74) is 6.15. The fourth-order valence-electron chi connectivity index (χ4n) is 0.807. The van der Waals surface area contributed by atoms with E-state index in [1.807, 2.05) is 5.43 Å². The van der Waals surface area contributed by atoms with Gasteiger partial charge in [-0.1, -0.05) is 0 Å². The number of carbonyl (C=O) groups is 2. The molecule has 0 saturated carbocycles. The van der Waals surface area contributed by atoms with Crippen LogP contribution in [0.15, 0.2) is 16.9 Å². The van der Waals surface area contributed by atoms with Crippen LogP contribution in [0.2, 0.25) is 0 Å². The summed E-state index contributed by atoms with van der Waals surface area (Å²) in [5.74, 6) is -0.906. The van der Waals surface area contributed by atoms with Crippen LogP contribution in [0.4, 0.5) is 4.79 Å². The number of nitrogens with two attached hydrogens (primary N) is 1. The van der Waals surface area contributed by atoms with E-state index in [0.717, 1.165) is 0 Å². The number of nitrogens with one attached hydrogen (secondary N) is 1. The summed E-state index contributed by atoms with van der Waals surface area (Å²) in [6.45, 7) is 2.91. The van der Waals surface area contributed by atoms with Crippen molar-refractivity contribution >= 4 is 17.7 Å². The Morgan fingerprint density at radius 1 is 1.59 bits per heavy atom. The molecular weight excluding hydrogens is 232 g/mol. The van der Waals surface area contributed by atoms with Crippen molar-refractivity contribution in [3.05, 3.63) is 21.9 Å². The van der Waals surface area contributed by atoms with Crippen molar-refractivity contribution in [1.82, 2.24) is 5.43 Å². The first-order chi connectivity index (χ1) is 7.88. The molecule has 94 valence electrons. The summed E-state index contributed by atoms with van der Waals surface area (Å²) < 4.78 is 4.60. The fraction of sp³-hybridized carbons (Fsp3) is 0.375. The maximum Gasteiger partial charge on any atom is 0.346 e. The normalized spacial score (nSPS) is 11.9. The maximum atomic E-state index is 11.3. The monoisotopic (exact) mass is 244 g/mol. The molecular formula is C8H12N4O5. The van der Waals surface area contributed by atoms with Gasteiger partial charge in [0, 0.05) is 0 Å². The standard InChI is InChI=1S/C8H12N4O5/c1-3-17-7(13)6(4-12(15)16)5(2)10-11-8(9)14/h4H,3H2,1-2H3,(H3,9,11,14)/b6-4-,10-5+. The van der Waals surface area contributed by atoms with Crippen molar-refractivity contribution < 1.29 is 19.2 Å². The van der Waals surface area contributed by atoms with Crippen LogP contribution in [0.3, 0.4) is 0 Å². The summed E-state index contributed by atoms with van der Waals surface area (Å²) in [5, 5.41) is 13.7. The lowest BCUT2D eigenvalue weighted by Crippen LogP contribution is -2.26. The van der Waals surface area contributed by atoms with Crippen LogP contribution in [0.5, 0.6) is 0 Å². The maximum absolute atomic E-state index is 11.3. The molecule has 0 spiro atoms. The Kier molecular flexibility index (Phi) is 5.93. The molecule has 0 fully saturated rings. The molecule has 9 heteroatoms. The first kappa shape index (κ1) is 14.6. The summed E-state index contributed by atoms with van der Waals surface area (Å²) in [6, 6.07) is -0.950. The van der Waals surface area contributed by atoms with Gasteiger partial charge in [-0.15, -0.1) is 0 Å². The third-order valence-corrected chi connectivity index (χ3v) is 1.45. The van der Waals surface area contributed by atoms with Crippen LogP contribution in [-0.2, 0) is 9.53 Å². The molecule has 0 aromatic heterocycles. The van der Waals surface area contributed by atoms with Crippen LogP contribution in [0, 0.1) is 10.1 Å². The summed E-state index contributed by atoms with van der Waals surface area (Å²) in [6.07, 6.45) is 0.444. The van der Waals surface area contributed by atoms with Gasteiger partial charge in [0.25, 0.3) is 6.20 Å². The van der Waals surface area contributed by atoms with Crippen LogP contribution >= 0.6 is 0 Å². The van der Waals surface area contributed by atoms with Crippen molar-refractivity contribution in [1.29, 1.82) is 0 Å². The molecule has 17 heavy (non-hydrogen) atoms. The molecule has 3 N–H and O–H groups in total. The molecule has 0 atom stereocenters. The van der Waals surface area contributed by atoms with E-state index in [2.05, 4.69) is 9.84 Å². The molecule has 0 aliphatic rings. The quantitative estimate of drug-likeness (QED) is 0.226. The number of esters is 1. The van der Waals surface area contributed by atoms with E-state index in [1.165, 1.54) is 6.92 Å².